The van der Waals surface area contributed by atoms with Crippen molar-refractivity contribution in [1.82, 2.24) is 15.5 Å². The molecule has 0 bridgehead atoms. The third kappa shape index (κ3) is 5.64. The number of amides is 1. The number of hydrogen-bond acceptors (Lipinski definition) is 4. The van der Waals surface area contributed by atoms with Crippen LogP contribution in [0.3, 0.4) is 0 Å². The Balaban J connectivity index is 1.50. The van der Waals surface area contributed by atoms with Gasteiger partial charge < -0.3 is 10.2 Å². The van der Waals surface area contributed by atoms with Crippen molar-refractivity contribution in [2.24, 2.45) is 0 Å². The van der Waals surface area contributed by atoms with Crippen LogP contribution in [0.2, 0.25) is 0 Å². The first-order chi connectivity index (χ1) is 13.8. The highest BCUT2D eigenvalue weighted by Crippen LogP contribution is 2.13. The lowest BCUT2D eigenvalue weighted by Crippen LogP contribution is -2.27. The molecule has 1 amide bonds. The molecule has 1 heterocycles. The number of nitrogens with one attached hydrogen (secondary N) is 1. The number of hydrogen-bond donors (Lipinski definition) is 1. The maximum Gasteiger partial charge on any atom is 0.271 e. The summed E-state index contributed by atoms with van der Waals surface area (Å²) in [5, 5.41) is 11.3. The monoisotopic (exact) mass is 374 g/mol. The Morgan fingerprint density at radius 1 is 0.893 bits per heavy atom. The molecule has 28 heavy (non-hydrogen) atoms. The van der Waals surface area contributed by atoms with Gasteiger partial charge in [0.05, 0.1) is 0 Å². The molecule has 1 aromatic heterocycles. The Morgan fingerprint density at radius 2 is 1.57 bits per heavy atom. The van der Waals surface area contributed by atoms with Crippen molar-refractivity contribution < 1.29 is 4.79 Å². The Bertz CT molecular complexity index is 851. The number of benzene rings is 2. The first kappa shape index (κ1) is 19.5. The van der Waals surface area contributed by atoms with Gasteiger partial charge in [0.1, 0.15) is 0 Å². The van der Waals surface area contributed by atoms with E-state index >= 15 is 0 Å². The summed E-state index contributed by atoms with van der Waals surface area (Å²) in [6.07, 6.45) is 1.83. The minimum atomic E-state index is -0.182. The van der Waals surface area contributed by atoms with Gasteiger partial charge in [-0.3, -0.25) is 4.79 Å². The normalized spacial score (nSPS) is 10.5. The number of aryl methyl sites for hydroxylation is 1. The van der Waals surface area contributed by atoms with Crippen LogP contribution in [0.25, 0.3) is 0 Å². The molecule has 0 aliphatic heterocycles. The Labute approximate surface area is 166 Å². The van der Waals surface area contributed by atoms with Crippen LogP contribution >= 0.6 is 0 Å². The van der Waals surface area contributed by atoms with E-state index < -0.39 is 0 Å². The lowest BCUT2D eigenvalue weighted by Gasteiger charge is -2.21. The van der Waals surface area contributed by atoms with E-state index in [1.165, 1.54) is 11.1 Å². The van der Waals surface area contributed by atoms with Gasteiger partial charge in [-0.25, -0.2) is 0 Å². The standard InChI is InChI=1S/C23H26N4O/c1-2-27(18-20-12-7-4-8-13-20)22-16-15-21(25-26-22)23(28)24-17-9-14-19-10-5-3-6-11-19/h3-8,10-13,15-16H,2,9,14,17-18H2,1H3,(H,24,28). The highest BCUT2D eigenvalue weighted by Gasteiger charge is 2.11. The van der Waals surface area contributed by atoms with E-state index in [0.717, 1.165) is 31.7 Å². The van der Waals surface area contributed by atoms with E-state index in [0.29, 0.717) is 12.2 Å². The molecule has 0 fully saturated rings. The fourth-order valence-corrected chi connectivity index (χ4v) is 3.00. The first-order valence-electron chi connectivity index (χ1n) is 9.71. The molecule has 0 saturated heterocycles. The average molecular weight is 374 g/mol. The Morgan fingerprint density at radius 3 is 2.18 bits per heavy atom. The minimum Gasteiger partial charge on any atom is -0.351 e. The van der Waals surface area contributed by atoms with Crippen LogP contribution in [0.1, 0.15) is 35.0 Å². The molecule has 3 aromatic rings. The van der Waals surface area contributed by atoms with Gasteiger partial charge in [0.15, 0.2) is 11.5 Å². The van der Waals surface area contributed by atoms with E-state index in [1.807, 2.05) is 42.5 Å². The fourth-order valence-electron chi connectivity index (χ4n) is 3.00. The maximum absolute atomic E-state index is 12.3. The largest absolute Gasteiger partial charge is 0.351 e. The molecule has 144 valence electrons. The second-order valence-electron chi connectivity index (χ2n) is 6.62. The second kappa shape index (κ2) is 10.2. The quantitative estimate of drug-likeness (QED) is 0.578. The second-order valence-corrected chi connectivity index (χ2v) is 6.62. The zero-order valence-corrected chi connectivity index (χ0v) is 16.2. The van der Waals surface area contributed by atoms with Crippen molar-refractivity contribution >= 4 is 11.7 Å². The molecule has 0 aliphatic carbocycles. The van der Waals surface area contributed by atoms with Gasteiger partial charge in [-0.2, -0.15) is 0 Å². The lowest BCUT2D eigenvalue weighted by molar-refractivity contribution is 0.0947. The summed E-state index contributed by atoms with van der Waals surface area (Å²) in [7, 11) is 0. The van der Waals surface area contributed by atoms with Crippen molar-refractivity contribution in [2.45, 2.75) is 26.3 Å². The third-order valence-electron chi connectivity index (χ3n) is 4.58. The van der Waals surface area contributed by atoms with Crippen LogP contribution in [0.4, 0.5) is 5.82 Å². The lowest BCUT2D eigenvalue weighted by atomic mass is 10.1. The van der Waals surface area contributed by atoms with E-state index in [9.17, 15) is 4.79 Å². The summed E-state index contributed by atoms with van der Waals surface area (Å²) in [5.74, 6) is 0.588. The number of nitrogens with zero attached hydrogens (tertiary/aromatic N) is 3. The molecule has 3 rings (SSSR count). The van der Waals surface area contributed by atoms with Crippen molar-refractivity contribution in [1.29, 1.82) is 0 Å². The highest BCUT2D eigenvalue weighted by atomic mass is 16.1. The molecule has 1 N–H and O–H groups in total. The SMILES string of the molecule is CCN(Cc1ccccc1)c1ccc(C(=O)NCCCc2ccccc2)nn1. The van der Waals surface area contributed by atoms with Crippen LogP contribution in [-0.4, -0.2) is 29.2 Å². The molecule has 2 aromatic carbocycles. The summed E-state index contributed by atoms with van der Waals surface area (Å²) in [6, 6.07) is 24.1. The molecule has 0 aliphatic rings. The van der Waals surface area contributed by atoms with Crippen LogP contribution in [0, 0.1) is 0 Å². The summed E-state index contributed by atoms with van der Waals surface area (Å²) in [5.41, 5.74) is 2.84. The van der Waals surface area contributed by atoms with Gasteiger partial charge >= 0.3 is 0 Å². The number of aromatic nitrogens is 2. The summed E-state index contributed by atoms with van der Waals surface area (Å²) >= 11 is 0. The molecule has 0 spiro atoms. The molecule has 0 radical (unpaired) electrons. The van der Waals surface area contributed by atoms with E-state index in [-0.39, 0.29) is 5.91 Å². The number of anilines is 1. The summed E-state index contributed by atoms with van der Waals surface area (Å²) in [6.45, 7) is 4.27. The maximum atomic E-state index is 12.3. The predicted octanol–water partition coefficient (Wildman–Crippen LogP) is 3.87. The van der Waals surface area contributed by atoms with E-state index in [2.05, 4.69) is 51.6 Å². The van der Waals surface area contributed by atoms with Crippen molar-refractivity contribution in [3.8, 4) is 0 Å². The van der Waals surface area contributed by atoms with Crippen LogP contribution in [0.5, 0.6) is 0 Å². The molecule has 5 nitrogen and oxygen atoms in total. The van der Waals surface area contributed by atoms with Crippen molar-refractivity contribution in [2.75, 3.05) is 18.0 Å². The molecule has 5 heteroatoms. The third-order valence-corrected chi connectivity index (χ3v) is 4.58. The minimum absolute atomic E-state index is 0.182. The zero-order chi connectivity index (χ0) is 19.6. The Kier molecular flexibility index (Phi) is 7.13. The van der Waals surface area contributed by atoms with Gasteiger partial charge in [-0.1, -0.05) is 60.7 Å². The Hall–Kier alpha value is -3.21. The summed E-state index contributed by atoms with van der Waals surface area (Å²) in [4.78, 5) is 14.4. The van der Waals surface area contributed by atoms with E-state index in [1.54, 1.807) is 6.07 Å². The fraction of sp³-hybridized carbons (Fsp3) is 0.261. The van der Waals surface area contributed by atoms with Gasteiger partial charge in [-0.05, 0) is 43.0 Å². The van der Waals surface area contributed by atoms with Crippen LogP contribution in [0.15, 0.2) is 72.8 Å². The van der Waals surface area contributed by atoms with Crippen LogP contribution in [-0.2, 0) is 13.0 Å². The number of rotatable bonds is 9. The van der Waals surface area contributed by atoms with Gasteiger partial charge in [-0.15, -0.1) is 10.2 Å². The highest BCUT2D eigenvalue weighted by molar-refractivity contribution is 5.92. The van der Waals surface area contributed by atoms with Gasteiger partial charge in [0, 0.05) is 19.6 Å². The number of carbonyl (C=O) groups is 1. The summed E-state index contributed by atoms with van der Waals surface area (Å²) < 4.78 is 0. The topological polar surface area (TPSA) is 58.1 Å². The predicted molar refractivity (Wildman–Crippen MR) is 112 cm³/mol. The average Bonchev–Trinajstić information content (AvgIpc) is 2.76. The molecule has 0 saturated carbocycles. The smallest absolute Gasteiger partial charge is 0.271 e. The number of carbonyl (C=O) groups excluding carboxylic acids is 1. The van der Waals surface area contributed by atoms with Crippen molar-refractivity contribution in [3.63, 3.8) is 0 Å². The molecular weight excluding hydrogens is 348 g/mol. The van der Waals surface area contributed by atoms with Gasteiger partial charge in [0.2, 0.25) is 0 Å². The van der Waals surface area contributed by atoms with Crippen LogP contribution < -0.4 is 10.2 Å². The zero-order valence-electron chi connectivity index (χ0n) is 16.2. The van der Waals surface area contributed by atoms with E-state index in [4.69, 9.17) is 0 Å². The van der Waals surface area contributed by atoms with Crippen molar-refractivity contribution in [3.05, 3.63) is 89.6 Å². The van der Waals surface area contributed by atoms with Gasteiger partial charge in [0.25, 0.3) is 5.91 Å². The molecule has 0 unspecified atom stereocenters. The molecule has 0 atom stereocenters. The first-order valence-corrected chi connectivity index (χ1v) is 9.71. The molecular formula is C23H26N4O.